The second-order valence-corrected chi connectivity index (χ2v) is 6.36. The lowest BCUT2D eigenvalue weighted by atomic mass is 10.2. The highest BCUT2D eigenvalue weighted by Crippen LogP contribution is 2.21. The Labute approximate surface area is 151 Å². The van der Waals surface area contributed by atoms with Gasteiger partial charge in [0.2, 0.25) is 5.91 Å². The third-order valence-electron chi connectivity index (χ3n) is 3.42. The summed E-state index contributed by atoms with van der Waals surface area (Å²) < 4.78 is 6.32. The maximum absolute atomic E-state index is 12.1. The van der Waals surface area contributed by atoms with E-state index in [1.807, 2.05) is 0 Å². The smallest absolute Gasteiger partial charge is 0.408 e. The molecule has 1 heterocycles. The van der Waals surface area contributed by atoms with Crippen LogP contribution in [0.15, 0.2) is 45.6 Å². The predicted octanol–water partition coefficient (Wildman–Crippen LogP) is 3.87. The summed E-state index contributed by atoms with van der Waals surface area (Å²) in [6, 6.07) is 9.80. The van der Waals surface area contributed by atoms with Crippen LogP contribution in [0.2, 0.25) is 15.1 Å². The topological polar surface area (TPSA) is 64.2 Å². The van der Waals surface area contributed by atoms with Crippen molar-refractivity contribution in [3.05, 3.63) is 67.6 Å². The van der Waals surface area contributed by atoms with Gasteiger partial charge in [-0.2, -0.15) is 0 Å². The summed E-state index contributed by atoms with van der Waals surface area (Å²) >= 11 is 17.7. The molecule has 3 aromatic rings. The van der Waals surface area contributed by atoms with Gasteiger partial charge in [0, 0.05) is 27.7 Å². The van der Waals surface area contributed by atoms with Crippen LogP contribution < -0.4 is 11.1 Å². The van der Waals surface area contributed by atoms with E-state index in [9.17, 15) is 9.59 Å². The lowest BCUT2D eigenvalue weighted by molar-refractivity contribution is -0.121. The molecule has 0 aliphatic carbocycles. The number of nitrogens with one attached hydrogen (secondary N) is 1. The molecule has 1 N–H and O–H groups in total. The molecule has 8 heteroatoms. The monoisotopic (exact) mass is 384 g/mol. The van der Waals surface area contributed by atoms with Gasteiger partial charge in [-0.3, -0.25) is 9.36 Å². The number of halogens is 3. The van der Waals surface area contributed by atoms with Crippen LogP contribution in [0.25, 0.3) is 11.1 Å². The molecule has 3 rings (SSSR count). The molecule has 0 saturated carbocycles. The largest absolute Gasteiger partial charge is 0.420 e. The number of aromatic nitrogens is 1. The minimum atomic E-state index is -0.619. The second kappa shape index (κ2) is 6.89. The first kappa shape index (κ1) is 16.9. The van der Waals surface area contributed by atoms with Crippen LogP contribution in [0, 0.1) is 0 Å². The average molecular weight is 386 g/mol. The molecular formula is C16H11Cl3N2O3. The van der Waals surface area contributed by atoms with Gasteiger partial charge in [0.1, 0.15) is 6.54 Å². The van der Waals surface area contributed by atoms with Crippen molar-refractivity contribution in [3.63, 3.8) is 0 Å². The minimum Gasteiger partial charge on any atom is -0.408 e. The van der Waals surface area contributed by atoms with Crippen molar-refractivity contribution < 1.29 is 9.21 Å². The van der Waals surface area contributed by atoms with E-state index in [4.69, 9.17) is 39.2 Å². The number of benzene rings is 2. The first-order valence-corrected chi connectivity index (χ1v) is 8.07. The fourth-order valence-electron chi connectivity index (χ4n) is 2.25. The predicted molar refractivity (Wildman–Crippen MR) is 93.8 cm³/mol. The Bertz CT molecular complexity index is 978. The van der Waals surface area contributed by atoms with Crippen molar-refractivity contribution in [2.45, 2.75) is 13.1 Å². The number of oxazole rings is 1. The summed E-state index contributed by atoms with van der Waals surface area (Å²) in [6.45, 7) is 0.0594. The van der Waals surface area contributed by atoms with Gasteiger partial charge < -0.3 is 9.73 Å². The third kappa shape index (κ3) is 3.59. The third-order valence-corrected chi connectivity index (χ3v) is 4.25. The van der Waals surface area contributed by atoms with Gasteiger partial charge in [-0.25, -0.2) is 4.79 Å². The van der Waals surface area contributed by atoms with E-state index in [0.717, 1.165) is 5.56 Å². The lowest BCUT2D eigenvalue weighted by Crippen LogP contribution is -2.30. The molecule has 24 heavy (non-hydrogen) atoms. The Morgan fingerprint density at radius 2 is 1.79 bits per heavy atom. The van der Waals surface area contributed by atoms with Crippen LogP contribution in [0.5, 0.6) is 0 Å². The highest BCUT2D eigenvalue weighted by atomic mass is 35.5. The van der Waals surface area contributed by atoms with E-state index < -0.39 is 5.76 Å². The molecule has 0 radical (unpaired) electrons. The molecule has 0 bridgehead atoms. The van der Waals surface area contributed by atoms with Crippen molar-refractivity contribution in [1.29, 1.82) is 0 Å². The normalized spacial score (nSPS) is 11.0. The Kier molecular flexibility index (Phi) is 4.85. The number of hydrogen-bond donors (Lipinski definition) is 1. The Balaban J connectivity index is 1.73. The Morgan fingerprint density at radius 3 is 2.54 bits per heavy atom. The van der Waals surface area contributed by atoms with Crippen molar-refractivity contribution in [3.8, 4) is 0 Å². The first-order valence-electron chi connectivity index (χ1n) is 6.93. The molecule has 0 saturated heterocycles. The minimum absolute atomic E-state index is 0.168. The van der Waals surface area contributed by atoms with Gasteiger partial charge in [-0.1, -0.05) is 40.9 Å². The summed E-state index contributed by atoms with van der Waals surface area (Å²) in [7, 11) is 0. The van der Waals surface area contributed by atoms with E-state index in [-0.39, 0.29) is 19.0 Å². The van der Waals surface area contributed by atoms with Gasteiger partial charge in [0.05, 0.1) is 5.52 Å². The maximum Gasteiger partial charge on any atom is 0.420 e. The lowest BCUT2D eigenvalue weighted by Gasteiger charge is -2.08. The number of carbonyl (C=O) groups is 1. The number of fused-ring (bicyclic) bond motifs is 1. The van der Waals surface area contributed by atoms with Gasteiger partial charge in [0.15, 0.2) is 5.58 Å². The molecule has 0 unspecified atom stereocenters. The molecule has 1 aromatic heterocycles. The molecule has 5 nitrogen and oxygen atoms in total. The zero-order chi connectivity index (χ0) is 17.3. The molecule has 1 amide bonds. The summed E-state index contributed by atoms with van der Waals surface area (Å²) in [6.07, 6.45) is 0. The van der Waals surface area contributed by atoms with E-state index in [2.05, 4.69) is 5.32 Å². The number of rotatable bonds is 4. The summed E-state index contributed by atoms with van der Waals surface area (Å²) in [4.78, 5) is 24.0. The maximum atomic E-state index is 12.1. The number of carbonyl (C=O) groups excluding carboxylic acids is 1. The zero-order valence-electron chi connectivity index (χ0n) is 12.2. The molecule has 0 fully saturated rings. The Hall–Kier alpha value is -1.95. The average Bonchev–Trinajstić information content (AvgIpc) is 2.81. The van der Waals surface area contributed by atoms with Gasteiger partial charge >= 0.3 is 5.76 Å². The van der Waals surface area contributed by atoms with Crippen LogP contribution >= 0.6 is 34.8 Å². The van der Waals surface area contributed by atoms with Crippen molar-refractivity contribution in [2.75, 3.05) is 0 Å². The fourth-order valence-corrected chi connectivity index (χ4v) is 2.89. The van der Waals surface area contributed by atoms with E-state index in [1.165, 1.54) is 10.6 Å². The molecule has 0 spiro atoms. The van der Waals surface area contributed by atoms with Crippen molar-refractivity contribution >= 4 is 51.8 Å². The summed E-state index contributed by atoms with van der Waals surface area (Å²) in [5.41, 5.74) is 1.57. The fraction of sp³-hybridized carbons (Fsp3) is 0.125. The van der Waals surface area contributed by atoms with E-state index >= 15 is 0 Å². The Morgan fingerprint density at radius 1 is 1.08 bits per heavy atom. The van der Waals surface area contributed by atoms with Gasteiger partial charge in [-0.15, -0.1) is 0 Å². The quantitative estimate of drug-likeness (QED) is 0.741. The zero-order valence-corrected chi connectivity index (χ0v) is 14.5. The second-order valence-electron chi connectivity index (χ2n) is 5.08. The van der Waals surface area contributed by atoms with Crippen LogP contribution in [-0.2, 0) is 17.9 Å². The molecule has 2 aromatic carbocycles. The summed E-state index contributed by atoms with van der Waals surface area (Å²) in [5.74, 6) is -0.965. The number of nitrogens with zero attached hydrogens (tertiary/aromatic N) is 1. The first-order chi connectivity index (χ1) is 11.4. The van der Waals surface area contributed by atoms with E-state index in [1.54, 1.807) is 30.3 Å². The van der Waals surface area contributed by atoms with Crippen LogP contribution in [0.1, 0.15) is 5.56 Å². The van der Waals surface area contributed by atoms with Gasteiger partial charge in [-0.05, 0) is 29.8 Å². The number of hydrogen-bond acceptors (Lipinski definition) is 3. The van der Waals surface area contributed by atoms with Crippen LogP contribution in [0.4, 0.5) is 0 Å². The number of amides is 1. The molecule has 0 atom stereocenters. The van der Waals surface area contributed by atoms with Crippen molar-refractivity contribution in [2.24, 2.45) is 0 Å². The van der Waals surface area contributed by atoms with Gasteiger partial charge in [0.25, 0.3) is 0 Å². The molecule has 124 valence electrons. The van der Waals surface area contributed by atoms with Crippen LogP contribution in [0.3, 0.4) is 0 Å². The molecule has 0 aliphatic heterocycles. The van der Waals surface area contributed by atoms with E-state index in [0.29, 0.717) is 26.2 Å². The highest BCUT2D eigenvalue weighted by Gasteiger charge is 2.13. The highest BCUT2D eigenvalue weighted by molar-refractivity contribution is 6.35. The SMILES string of the molecule is O=C(Cn1c(=O)oc2cc(Cl)ccc21)NCc1ccc(Cl)cc1Cl. The summed E-state index contributed by atoms with van der Waals surface area (Å²) in [5, 5.41) is 4.14. The van der Waals surface area contributed by atoms with Crippen molar-refractivity contribution in [1.82, 2.24) is 9.88 Å². The van der Waals surface area contributed by atoms with Crippen LogP contribution in [-0.4, -0.2) is 10.5 Å². The molecular weight excluding hydrogens is 375 g/mol. The molecule has 0 aliphatic rings. The standard InChI is InChI=1S/C16H11Cl3N2O3/c17-10-2-1-9(12(19)5-10)7-20-15(22)8-21-13-4-3-11(18)6-14(13)24-16(21)23/h1-6H,7-8H2,(H,20,22).